The van der Waals surface area contributed by atoms with E-state index >= 15 is 0 Å². The maximum absolute atomic E-state index is 12.2. The van der Waals surface area contributed by atoms with Gasteiger partial charge in [0.05, 0.1) is 23.6 Å². The van der Waals surface area contributed by atoms with Crippen molar-refractivity contribution in [1.82, 2.24) is 9.80 Å². The van der Waals surface area contributed by atoms with Crippen LogP contribution >= 0.6 is 0 Å². The van der Waals surface area contributed by atoms with E-state index in [1.807, 2.05) is 70.5 Å². The van der Waals surface area contributed by atoms with Gasteiger partial charge in [-0.05, 0) is 11.1 Å². The molecule has 2 saturated heterocycles. The van der Waals surface area contributed by atoms with Crippen molar-refractivity contribution >= 4 is 15.8 Å². The minimum atomic E-state index is -3.06. The number of nitrogens with zero attached hydrogens (tertiary/aromatic N) is 2. The molecule has 4 rings (SSSR count). The summed E-state index contributed by atoms with van der Waals surface area (Å²) < 4.78 is 24.4. The number of sulfone groups is 1. The molecule has 1 N–H and O–H groups in total. The minimum Gasteiger partial charge on any atom is -0.333 e. The predicted molar refractivity (Wildman–Crippen MR) is 97.9 cm³/mol. The summed E-state index contributed by atoms with van der Waals surface area (Å²) >= 11 is 0. The van der Waals surface area contributed by atoms with Crippen molar-refractivity contribution in [2.75, 3.05) is 11.5 Å². The van der Waals surface area contributed by atoms with E-state index in [4.69, 9.17) is 5.41 Å². The van der Waals surface area contributed by atoms with E-state index in [2.05, 4.69) is 0 Å². The molecule has 0 bridgehead atoms. The SMILES string of the molecule is N=C1N(Cc2ccccc2)[C@@H]2CS(=O)(=O)C[C@H]2N1Cc1ccccc1. The highest BCUT2D eigenvalue weighted by molar-refractivity contribution is 7.91. The van der Waals surface area contributed by atoms with Crippen LogP contribution in [-0.4, -0.2) is 47.8 Å². The number of fused-ring (bicyclic) bond motifs is 1. The summed E-state index contributed by atoms with van der Waals surface area (Å²) in [6.07, 6.45) is 0. The fourth-order valence-corrected chi connectivity index (χ4v) is 5.81. The molecule has 130 valence electrons. The quantitative estimate of drug-likeness (QED) is 0.912. The molecule has 0 unspecified atom stereocenters. The van der Waals surface area contributed by atoms with Gasteiger partial charge in [0.25, 0.3) is 0 Å². The second kappa shape index (κ2) is 6.19. The van der Waals surface area contributed by atoms with Crippen LogP contribution in [-0.2, 0) is 22.9 Å². The molecule has 0 radical (unpaired) electrons. The lowest BCUT2D eigenvalue weighted by molar-refractivity contribution is 0.306. The molecule has 2 aromatic rings. The van der Waals surface area contributed by atoms with Gasteiger partial charge in [-0.2, -0.15) is 0 Å². The van der Waals surface area contributed by atoms with Gasteiger partial charge in [-0.25, -0.2) is 8.42 Å². The van der Waals surface area contributed by atoms with Crippen LogP contribution in [0.1, 0.15) is 11.1 Å². The minimum absolute atomic E-state index is 0.137. The van der Waals surface area contributed by atoms with Crippen LogP contribution in [0.4, 0.5) is 0 Å². The Kier molecular flexibility index (Phi) is 4.00. The number of hydrogen-bond donors (Lipinski definition) is 1. The number of nitrogens with one attached hydrogen (secondary N) is 1. The Morgan fingerprint density at radius 1 is 0.800 bits per heavy atom. The monoisotopic (exact) mass is 355 g/mol. The summed E-state index contributed by atoms with van der Waals surface area (Å²) in [5, 5.41) is 8.65. The van der Waals surface area contributed by atoms with Gasteiger partial charge in [-0.15, -0.1) is 0 Å². The molecule has 2 aromatic carbocycles. The van der Waals surface area contributed by atoms with E-state index in [-0.39, 0.29) is 23.6 Å². The number of hydrogen-bond acceptors (Lipinski definition) is 3. The average Bonchev–Trinajstić information content (AvgIpc) is 3.03. The Hall–Kier alpha value is -2.34. The maximum Gasteiger partial charge on any atom is 0.195 e. The second-order valence-corrected chi connectivity index (χ2v) is 8.92. The van der Waals surface area contributed by atoms with E-state index in [0.717, 1.165) is 11.1 Å². The van der Waals surface area contributed by atoms with Crippen molar-refractivity contribution in [2.24, 2.45) is 0 Å². The van der Waals surface area contributed by atoms with Crippen LogP contribution < -0.4 is 0 Å². The normalized spacial score (nSPS) is 24.6. The molecule has 0 spiro atoms. The first-order valence-electron chi connectivity index (χ1n) is 8.44. The lowest BCUT2D eigenvalue weighted by Crippen LogP contribution is -2.37. The van der Waals surface area contributed by atoms with Crippen molar-refractivity contribution in [1.29, 1.82) is 5.41 Å². The van der Waals surface area contributed by atoms with Crippen LogP contribution in [0.5, 0.6) is 0 Å². The fourth-order valence-electron chi connectivity index (χ4n) is 3.83. The van der Waals surface area contributed by atoms with Crippen molar-refractivity contribution in [3.63, 3.8) is 0 Å². The topological polar surface area (TPSA) is 64.5 Å². The van der Waals surface area contributed by atoms with Gasteiger partial charge in [0.1, 0.15) is 0 Å². The molecule has 0 aromatic heterocycles. The number of rotatable bonds is 4. The van der Waals surface area contributed by atoms with Gasteiger partial charge < -0.3 is 9.80 Å². The first-order chi connectivity index (χ1) is 12.0. The standard InChI is InChI=1S/C19H21N3O2S/c20-19-21(11-15-7-3-1-4-8-15)17-13-25(23,24)14-18(17)22(19)12-16-9-5-2-6-10-16/h1-10,17-18,20H,11-14H2/t17-,18-/m1/s1. The molecule has 6 heteroatoms. The predicted octanol–water partition coefficient (Wildman–Crippen LogP) is 2.10. The summed E-state index contributed by atoms with van der Waals surface area (Å²) in [5.41, 5.74) is 2.19. The molecule has 0 saturated carbocycles. The summed E-state index contributed by atoms with van der Waals surface area (Å²) in [5.74, 6) is 0.702. The molecule has 0 aliphatic carbocycles. The summed E-state index contributed by atoms with van der Waals surface area (Å²) in [6, 6.07) is 19.6. The zero-order valence-electron chi connectivity index (χ0n) is 13.9. The molecule has 2 fully saturated rings. The van der Waals surface area contributed by atoms with Gasteiger partial charge in [0.2, 0.25) is 0 Å². The third kappa shape index (κ3) is 3.14. The van der Waals surface area contributed by atoms with Gasteiger partial charge in [0.15, 0.2) is 15.8 Å². The van der Waals surface area contributed by atoms with Gasteiger partial charge in [0, 0.05) is 13.1 Å². The Morgan fingerprint density at radius 2 is 1.20 bits per heavy atom. The first-order valence-corrected chi connectivity index (χ1v) is 10.3. The van der Waals surface area contributed by atoms with Crippen LogP contribution in [0, 0.1) is 5.41 Å². The molecule has 5 nitrogen and oxygen atoms in total. The summed E-state index contributed by atoms with van der Waals surface area (Å²) in [6.45, 7) is 1.14. The lowest BCUT2D eigenvalue weighted by atomic mass is 10.1. The van der Waals surface area contributed by atoms with Crippen molar-refractivity contribution in [3.8, 4) is 0 Å². The van der Waals surface area contributed by atoms with Crippen LogP contribution in [0.25, 0.3) is 0 Å². The number of guanidine groups is 1. The highest BCUT2D eigenvalue weighted by Gasteiger charge is 2.51. The zero-order valence-corrected chi connectivity index (χ0v) is 14.7. The third-order valence-corrected chi connectivity index (χ3v) is 6.73. The Balaban J connectivity index is 1.63. The van der Waals surface area contributed by atoms with E-state index < -0.39 is 9.84 Å². The van der Waals surface area contributed by atoms with Gasteiger partial charge in [-0.3, -0.25) is 5.41 Å². The van der Waals surface area contributed by atoms with Gasteiger partial charge >= 0.3 is 0 Å². The van der Waals surface area contributed by atoms with E-state index in [0.29, 0.717) is 19.0 Å². The zero-order chi connectivity index (χ0) is 17.4. The fraction of sp³-hybridized carbons (Fsp3) is 0.316. The summed E-state index contributed by atoms with van der Waals surface area (Å²) in [7, 11) is -3.06. The van der Waals surface area contributed by atoms with E-state index in [1.165, 1.54) is 0 Å². The molecule has 25 heavy (non-hydrogen) atoms. The molecule has 2 aliphatic rings. The molecule has 2 aliphatic heterocycles. The smallest absolute Gasteiger partial charge is 0.195 e. The van der Waals surface area contributed by atoms with Crippen molar-refractivity contribution in [3.05, 3.63) is 71.8 Å². The molecular formula is C19H21N3O2S. The van der Waals surface area contributed by atoms with Crippen LogP contribution in [0.3, 0.4) is 0 Å². The van der Waals surface area contributed by atoms with Crippen LogP contribution in [0.2, 0.25) is 0 Å². The molecule has 2 atom stereocenters. The van der Waals surface area contributed by atoms with Gasteiger partial charge in [-0.1, -0.05) is 60.7 Å². The molecular weight excluding hydrogens is 334 g/mol. The van der Waals surface area contributed by atoms with E-state index in [1.54, 1.807) is 0 Å². The Morgan fingerprint density at radius 3 is 1.60 bits per heavy atom. The highest BCUT2D eigenvalue weighted by atomic mass is 32.2. The van der Waals surface area contributed by atoms with Crippen LogP contribution in [0.15, 0.2) is 60.7 Å². The van der Waals surface area contributed by atoms with Crippen molar-refractivity contribution < 1.29 is 8.42 Å². The molecule has 0 amide bonds. The largest absolute Gasteiger partial charge is 0.333 e. The average molecular weight is 355 g/mol. The second-order valence-electron chi connectivity index (χ2n) is 6.76. The van der Waals surface area contributed by atoms with Crippen molar-refractivity contribution in [2.45, 2.75) is 25.2 Å². The number of benzene rings is 2. The summed E-state index contributed by atoms with van der Waals surface area (Å²) in [4.78, 5) is 3.90. The maximum atomic E-state index is 12.2. The highest BCUT2D eigenvalue weighted by Crippen LogP contribution is 2.33. The Bertz CT molecular complexity index is 803. The first kappa shape index (κ1) is 16.1. The molecule has 2 heterocycles. The lowest BCUT2D eigenvalue weighted by Gasteiger charge is -2.25. The Labute approximate surface area is 148 Å². The van der Waals surface area contributed by atoms with E-state index in [9.17, 15) is 8.42 Å². The third-order valence-electron chi connectivity index (χ3n) is 5.03.